The number of halogens is 3. The predicted molar refractivity (Wildman–Crippen MR) is 74.5 cm³/mol. The number of anilines is 1. The fourth-order valence-electron chi connectivity index (χ4n) is 1.66. The fourth-order valence-corrected chi connectivity index (χ4v) is 2.10. The third-order valence-electron chi connectivity index (χ3n) is 2.61. The quantitative estimate of drug-likeness (QED) is 0.667. The van der Waals surface area contributed by atoms with Gasteiger partial charge in [-0.15, -0.1) is 0 Å². The van der Waals surface area contributed by atoms with E-state index in [-0.39, 0.29) is 12.2 Å². The highest BCUT2D eigenvalue weighted by atomic mass is 79.9. The van der Waals surface area contributed by atoms with E-state index in [1.165, 1.54) is 0 Å². The molecule has 20 heavy (non-hydrogen) atoms. The molecule has 4 nitrogen and oxygen atoms in total. The van der Waals surface area contributed by atoms with Crippen LogP contribution < -0.4 is 5.32 Å². The first-order chi connectivity index (χ1) is 9.47. The molecule has 0 atom stereocenters. The molecular formula is C13H9BrF2N2O2. The fraction of sp³-hybridized carbons (Fsp3) is 0.0769. The molecule has 0 saturated heterocycles. The molecule has 0 fully saturated rings. The molecular weight excluding hydrogens is 334 g/mol. The number of nitro benzene ring substituents is 1. The summed E-state index contributed by atoms with van der Waals surface area (Å²) in [5, 5.41) is 13.3. The summed E-state index contributed by atoms with van der Waals surface area (Å²) in [6, 6.07) is 8.64. The van der Waals surface area contributed by atoms with Gasteiger partial charge >= 0.3 is 5.69 Å². The van der Waals surface area contributed by atoms with E-state index in [1.807, 2.05) is 24.3 Å². The Hall–Kier alpha value is -2.02. The van der Waals surface area contributed by atoms with Crippen molar-refractivity contribution in [3.05, 3.63) is 68.2 Å². The Kier molecular flexibility index (Phi) is 4.29. The van der Waals surface area contributed by atoms with Crippen molar-refractivity contribution in [2.45, 2.75) is 6.54 Å². The molecule has 0 amide bonds. The highest BCUT2D eigenvalue weighted by Crippen LogP contribution is 2.25. The van der Waals surface area contributed by atoms with Crippen LogP contribution in [-0.4, -0.2) is 4.92 Å². The molecule has 0 bridgehead atoms. The highest BCUT2D eigenvalue weighted by molar-refractivity contribution is 9.10. The number of benzene rings is 2. The van der Waals surface area contributed by atoms with Gasteiger partial charge in [0, 0.05) is 23.2 Å². The molecule has 0 radical (unpaired) electrons. The van der Waals surface area contributed by atoms with Crippen LogP contribution in [0.25, 0.3) is 0 Å². The molecule has 2 aromatic carbocycles. The molecule has 0 aliphatic heterocycles. The second-order valence-corrected chi connectivity index (χ2v) is 4.94. The lowest BCUT2D eigenvalue weighted by atomic mass is 10.2. The van der Waals surface area contributed by atoms with Crippen LogP contribution in [0.4, 0.5) is 20.2 Å². The topological polar surface area (TPSA) is 55.2 Å². The molecule has 0 aromatic heterocycles. The highest BCUT2D eigenvalue weighted by Gasteiger charge is 2.18. The van der Waals surface area contributed by atoms with Gasteiger partial charge in [0.25, 0.3) is 0 Å². The number of nitrogens with zero attached hydrogens (tertiary/aromatic N) is 1. The Labute approximate surface area is 121 Å². The summed E-state index contributed by atoms with van der Waals surface area (Å²) in [6.45, 7) is 0.263. The van der Waals surface area contributed by atoms with Crippen LogP contribution in [-0.2, 0) is 6.54 Å². The van der Waals surface area contributed by atoms with Crippen LogP contribution in [0, 0.1) is 21.7 Å². The maximum atomic E-state index is 13.5. The van der Waals surface area contributed by atoms with Crippen molar-refractivity contribution in [2.75, 3.05) is 5.32 Å². The van der Waals surface area contributed by atoms with E-state index in [9.17, 15) is 18.9 Å². The Morgan fingerprint density at radius 2 is 1.95 bits per heavy atom. The minimum atomic E-state index is -1.19. The molecule has 0 heterocycles. The maximum absolute atomic E-state index is 13.5. The van der Waals surface area contributed by atoms with Crippen LogP contribution in [0.2, 0.25) is 0 Å². The van der Waals surface area contributed by atoms with E-state index in [2.05, 4.69) is 21.2 Å². The lowest BCUT2D eigenvalue weighted by Crippen LogP contribution is -2.03. The Balaban J connectivity index is 2.21. The van der Waals surface area contributed by atoms with Gasteiger partial charge in [0.15, 0.2) is 0 Å². The van der Waals surface area contributed by atoms with Crippen molar-refractivity contribution < 1.29 is 13.7 Å². The smallest absolute Gasteiger partial charge is 0.307 e. The lowest BCUT2D eigenvalue weighted by Gasteiger charge is -2.08. The Morgan fingerprint density at radius 3 is 2.60 bits per heavy atom. The first kappa shape index (κ1) is 14.4. The summed E-state index contributed by atoms with van der Waals surface area (Å²) in [5.74, 6) is -2.07. The monoisotopic (exact) mass is 342 g/mol. The summed E-state index contributed by atoms with van der Waals surface area (Å²) in [6.07, 6.45) is 0. The third-order valence-corrected chi connectivity index (χ3v) is 3.10. The SMILES string of the molecule is O=[N+]([O-])c1cc(NCc2cccc(Br)c2)c(F)cc1F. The van der Waals surface area contributed by atoms with E-state index in [0.29, 0.717) is 6.07 Å². The van der Waals surface area contributed by atoms with Gasteiger partial charge in [-0.25, -0.2) is 4.39 Å². The molecule has 7 heteroatoms. The largest absolute Gasteiger partial charge is 0.378 e. The lowest BCUT2D eigenvalue weighted by molar-refractivity contribution is -0.387. The van der Waals surface area contributed by atoms with Gasteiger partial charge in [0.05, 0.1) is 10.6 Å². The van der Waals surface area contributed by atoms with Crippen molar-refractivity contribution in [2.24, 2.45) is 0 Å². The van der Waals surface area contributed by atoms with Crippen molar-refractivity contribution >= 4 is 27.3 Å². The number of hydrogen-bond acceptors (Lipinski definition) is 3. The zero-order chi connectivity index (χ0) is 14.7. The average molecular weight is 343 g/mol. The predicted octanol–water partition coefficient (Wildman–Crippen LogP) is 4.25. The minimum absolute atomic E-state index is 0.113. The molecule has 0 saturated carbocycles. The van der Waals surface area contributed by atoms with Crippen LogP contribution in [0.15, 0.2) is 40.9 Å². The number of hydrogen-bond donors (Lipinski definition) is 1. The van der Waals surface area contributed by atoms with E-state index in [4.69, 9.17) is 0 Å². The van der Waals surface area contributed by atoms with Gasteiger partial charge in [-0.1, -0.05) is 28.1 Å². The van der Waals surface area contributed by atoms with Crippen LogP contribution in [0.5, 0.6) is 0 Å². The van der Waals surface area contributed by atoms with Crippen molar-refractivity contribution in [3.8, 4) is 0 Å². The molecule has 2 aromatic rings. The van der Waals surface area contributed by atoms with Gasteiger partial charge < -0.3 is 5.32 Å². The zero-order valence-electron chi connectivity index (χ0n) is 10.1. The molecule has 0 aliphatic rings. The first-order valence-electron chi connectivity index (χ1n) is 5.59. The normalized spacial score (nSPS) is 10.3. The van der Waals surface area contributed by atoms with E-state index in [0.717, 1.165) is 16.1 Å². The second-order valence-electron chi connectivity index (χ2n) is 4.02. The van der Waals surface area contributed by atoms with Gasteiger partial charge in [0.1, 0.15) is 5.82 Å². The number of nitro groups is 1. The van der Waals surface area contributed by atoms with E-state index in [1.54, 1.807) is 0 Å². The maximum Gasteiger partial charge on any atom is 0.307 e. The second kappa shape index (κ2) is 5.96. The molecule has 0 aliphatic carbocycles. The standard InChI is InChI=1S/C13H9BrF2N2O2/c14-9-3-1-2-8(4-9)7-17-12-6-13(18(19)20)11(16)5-10(12)15/h1-6,17H,7H2. The van der Waals surface area contributed by atoms with Crippen molar-refractivity contribution in [1.82, 2.24) is 0 Å². The molecule has 2 rings (SSSR count). The van der Waals surface area contributed by atoms with Crippen LogP contribution in [0.1, 0.15) is 5.56 Å². The first-order valence-corrected chi connectivity index (χ1v) is 6.38. The zero-order valence-corrected chi connectivity index (χ0v) is 11.7. The summed E-state index contributed by atoms with van der Waals surface area (Å²) in [5.41, 5.74) is -0.0213. The van der Waals surface area contributed by atoms with Crippen molar-refractivity contribution in [3.63, 3.8) is 0 Å². The summed E-state index contributed by atoms with van der Waals surface area (Å²) in [7, 11) is 0. The van der Waals surface area contributed by atoms with E-state index < -0.39 is 22.2 Å². The van der Waals surface area contributed by atoms with Gasteiger partial charge in [-0.05, 0) is 17.7 Å². The van der Waals surface area contributed by atoms with Crippen LogP contribution >= 0.6 is 15.9 Å². The minimum Gasteiger partial charge on any atom is -0.378 e. The molecule has 0 spiro atoms. The van der Waals surface area contributed by atoms with Gasteiger partial charge in [-0.3, -0.25) is 10.1 Å². The van der Waals surface area contributed by atoms with Gasteiger partial charge in [0.2, 0.25) is 5.82 Å². The summed E-state index contributed by atoms with van der Waals surface area (Å²) >= 11 is 3.30. The Morgan fingerprint density at radius 1 is 1.20 bits per heavy atom. The Bertz CT molecular complexity index is 665. The average Bonchev–Trinajstić information content (AvgIpc) is 2.37. The number of nitrogens with one attached hydrogen (secondary N) is 1. The molecule has 1 N–H and O–H groups in total. The molecule has 0 unspecified atom stereocenters. The third kappa shape index (κ3) is 3.30. The van der Waals surface area contributed by atoms with E-state index >= 15 is 0 Å². The van der Waals surface area contributed by atoms with Crippen LogP contribution in [0.3, 0.4) is 0 Å². The summed E-state index contributed by atoms with van der Waals surface area (Å²) < 4.78 is 27.6. The number of rotatable bonds is 4. The van der Waals surface area contributed by atoms with Crippen molar-refractivity contribution in [1.29, 1.82) is 0 Å². The summed E-state index contributed by atoms with van der Waals surface area (Å²) in [4.78, 5) is 9.72. The molecule has 104 valence electrons. The van der Waals surface area contributed by atoms with Gasteiger partial charge in [-0.2, -0.15) is 4.39 Å².